The second-order valence-corrected chi connectivity index (χ2v) is 5.73. The summed E-state index contributed by atoms with van der Waals surface area (Å²) in [5.74, 6) is 0.657. The molecule has 0 aliphatic rings. The molecule has 3 nitrogen and oxygen atoms in total. The molecule has 2 rings (SSSR count). The Hall–Kier alpha value is -0.550. The lowest BCUT2D eigenvalue weighted by Gasteiger charge is -2.09. The fourth-order valence-corrected chi connectivity index (χ4v) is 2.49. The van der Waals surface area contributed by atoms with Crippen LogP contribution >= 0.6 is 50.7 Å². The van der Waals surface area contributed by atoms with Gasteiger partial charge < -0.3 is 5.32 Å². The number of aromatic nitrogens is 2. The molecule has 0 spiro atoms. The number of nitrogens with zero attached hydrogens (tertiary/aromatic N) is 2. The number of benzene rings is 1. The van der Waals surface area contributed by atoms with Crippen molar-refractivity contribution in [3.8, 4) is 0 Å². The zero-order valence-corrected chi connectivity index (χ0v) is 13.5. The molecule has 0 saturated carbocycles. The average Bonchev–Trinajstić information content (AvgIpc) is 2.37. The van der Waals surface area contributed by atoms with Crippen molar-refractivity contribution in [3.63, 3.8) is 0 Å². The third kappa shape index (κ3) is 3.96. The Morgan fingerprint density at radius 2 is 1.95 bits per heavy atom. The smallest absolute Gasteiger partial charge is 0.148 e. The van der Waals surface area contributed by atoms with Gasteiger partial charge in [0.1, 0.15) is 17.3 Å². The molecule has 19 heavy (non-hydrogen) atoms. The van der Waals surface area contributed by atoms with Crippen LogP contribution in [0, 0.1) is 0 Å². The van der Waals surface area contributed by atoms with Crippen LogP contribution in [0.4, 0.5) is 5.82 Å². The van der Waals surface area contributed by atoms with Crippen LogP contribution in [0.15, 0.2) is 29.0 Å². The van der Waals surface area contributed by atoms with Crippen LogP contribution < -0.4 is 5.32 Å². The van der Waals surface area contributed by atoms with Crippen molar-refractivity contribution >= 4 is 56.6 Å². The molecule has 1 N–H and O–H groups in total. The highest BCUT2D eigenvalue weighted by Gasteiger charge is 2.06. The first kappa shape index (κ1) is 14.9. The van der Waals surface area contributed by atoms with E-state index >= 15 is 0 Å². The van der Waals surface area contributed by atoms with E-state index in [1.165, 1.54) is 6.33 Å². The minimum absolute atomic E-state index is 0.377. The summed E-state index contributed by atoms with van der Waals surface area (Å²) < 4.78 is 0.652. The van der Waals surface area contributed by atoms with Crippen molar-refractivity contribution < 1.29 is 0 Å². The molecule has 1 aromatic heterocycles. The lowest BCUT2D eigenvalue weighted by molar-refractivity contribution is 0.996. The van der Waals surface area contributed by atoms with Gasteiger partial charge >= 0.3 is 0 Å². The van der Waals surface area contributed by atoms with Crippen LogP contribution in [0.2, 0.25) is 15.2 Å². The predicted molar refractivity (Wildman–Crippen MR) is 83.4 cm³/mol. The SMILES string of the molecule is Clc1ccc(CCNc2ncnc(Cl)c2Br)c(Cl)c1. The molecule has 2 aromatic rings. The molecule has 0 aliphatic carbocycles. The fraction of sp³-hybridized carbons (Fsp3) is 0.167. The highest BCUT2D eigenvalue weighted by atomic mass is 79.9. The number of nitrogens with one attached hydrogen (secondary N) is 1. The summed E-state index contributed by atoms with van der Waals surface area (Å²) in [4.78, 5) is 7.96. The Morgan fingerprint density at radius 3 is 2.68 bits per heavy atom. The van der Waals surface area contributed by atoms with Gasteiger partial charge in [-0.05, 0) is 40.0 Å². The first-order valence-electron chi connectivity index (χ1n) is 5.41. The number of anilines is 1. The van der Waals surface area contributed by atoms with E-state index in [-0.39, 0.29) is 0 Å². The summed E-state index contributed by atoms with van der Waals surface area (Å²) in [7, 11) is 0. The Labute approximate surface area is 134 Å². The van der Waals surface area contributed by atoms with E-state index in [9.17, 15) is 0 Å². The monoisotopic (exact) mass is 379 g/mol. The standard InChI is InChI=1S/C12H9BrCl3N3/c13-10-11(16)18-6-19-12(10)17-4-3-7-1-2-8(14)5-9(7)15/h1-2,5-6H,3-4H2,(H,17,18,19). The van der Waals surface area contributed by atoms with E-state index < -0.39 is 0 Å². The average molecular weight is 381 g/mol. The Bertz CT molecular complexity index is 592. The number of halogens is 4. The van der Waals surface area contributed by atoms with E-state index in [4.69, 9.17) is 34.8 Å². The second kappa shape index (κ2) is 6.75. The second-order valence-electron chi connectivity index (χ2n) is 3.74. The first-order chi connectivity index (χ1) is 9.08. The molecule has 0 radical (unpaired) electrons. The third-order valence-corrected chi connectivity index (χ3v) is 4.30. The van der Waals surface area contributed by atoms with Crippen molar-refractivity contribution in [2.24, 2.45) is 0 Å². The summed E-state index contributed by atoms with van der Waals surface area (Å²) in [5, 5.41) is 4.84. The quantitative estimate of drug-likeness (QED) is 0.769. The zero-order valence-electron chi connectivity index (χ0n) is 9.63. The van der Waals surface area contributed by atoms with E-state index in [1.54, 1.807) is 6.07 Å². The number of hydrogen-bond acceptors (Lipinski definition) is 3. The molecule has 100 valence electrons. The normalized spacial score (nSPS) is 10.5. The highest BCUT2D eigenvalue weighted by molar-refractivity contribution is 9.10. The van der Waals surface area contributed by atoms with E-state index in [1.807, 2.05) is 12.1 Å². The first-order valence-corrected chi connectivity index (χ1v) is 7.34. The van der Waals surface area contributed by atoms with Gasteiger partial charge in [0, 0.05) is 16.6 Å². The minimum Gasteiger partial charge on any atom is -0.369 e. The third-order valence-electron chi connectivity index (χ3n) is 2.45. The minimum atomic E-state index is 0.377. The predicted octanol–water partition coefficient (Wildman–Crippen LogP) is 4.85. The largest absolute Gasteiger partial charge is 0.369 e. The lowest BCUT2D eigenvalue weighted by Crippen LogP contribution is -2.07. The Kier molecular flexibility index (Phi) is 5.28. The summed E-state index contributed by atoms with van der Waals surface area (Å²) in [6.45, 7) is 0.674. The van der Waals surface area contributed by atoms with Crippen LogP contribution in [0.3, 0.4) is 0 Å². The van der Waals surface area contributed by atoms with E-state index in [0.717, 1.165) is 12.0 Å². The van der Waals surface area contributed by atoms with Crippen molar-refractivity contribution in [1.82, 2.24) is 9.97 Å². The maximum absolute atomic E-state index is 6.10. The molecule has 0 fully saturated rings. The zero-order chi connectivity index (χ0) is 13.8. The summed E-state index contributed by atoms with van der Waals surface area (Å²) in [6, 6.07) is 5.46. The summed E-state index contributed by atoms with van der Waals surface area (Å²) in [5.41, 5.74) is 1.02. The topological polar surface area (TPSA) is 37.8 Å². The Balaban J connectivity index is 1.98. The van der Waals surface area contributed by atoms with Crippen LogP contribution in [0.5, 0.6) is 0 Å². The van der Waals surface area contributed by atoms with Crippen LogP contribution in [-0.2, 0) is 6.42 Å². The van der Waals surface area contributed by atoms with E-state index in [0.29, 0.717) is 32.0 Å². The van der Waals surface area contributed by atoms with Crippen molar-refractivity contribution in [2.45, 2.75) is 6.42 Å². The van der Waals surface area contributed by atoms with Crippen molar-refractivity contribution in [3.05, 3.63) is 49.8 Å². The number of hydrogen-bond donors (Lipinski definition) is 1. The van der Waals surface area contributed by atoms with Gasteiger partial charge in [0.25, 0.3) is 0 Å². The molecule has 0 saturated heterocycles. The summed E-state index contributed by atoms with van der Waals surface area (Å²) in [6.07, 6.45) is 2.16. The highest BCUT2D eigenvalue weighted by Crippen LogP contribution is 2.26. The maximum Gasteiger partial charge on any atom is 0.148 e. The molecular formula is C12H9BrCl3N3. The van der Waals surface area contributed by atoms with Gasteiger partial charge in [-0.3, -0.25) is 0 Å². The molecule has 0 bridgehead atoms. The molecule has 0 amide bonds. The van der Waals surface area contributed by atoms with Crippen molar-refractivity contribution in [1.29, 1.82) is 0 Å². The van der Waals surface area contributed by atoms with Gasteiger partial charge in [0.2, 0.25) is 0 Å². The number of rotatable bonds is 4. The summed E-state index contributed by atoms with van der Waals surface area (Å²) >= 11 is 21.2. The molecule has 1 heterocycles. The van der Waals surface area contributed by atoms with Gasteiger partial charge in [-0.2, -0.15) is 0 Å². The van der Waals surface area contributed by atoms with Crippen LogP contribution in [0.1, 0.15) is 5.56 Å². The van der Waals surface area contributed by atoms with Crippen molar-refractivity contribution in [2.75, 3.05) is 11.9 Å². The Morgan fingerprint density at radius 1 is 1.16 bits per heavy atom. The van der Waals surface area contributed by atoms with Crippen LogP contribution in [0.25, 0.3) is 0 Å². The van der Waals surface area contributed by atoms with Gasteiger partial charge in [-0.25, -0.2) is 9.97 Å². The molecular weight excluding hydrogens is 372 g/mol. The maximum atomic E-state index is 6.10. The molecule has 0 atom stereocenters. The van der Waals surface area contributed by atoms with Gasteiger partial charge in [-0.15, -0.1) is 0 Å². The van der Waals surface area contributed by atoms with E-state index in [2.05, 4.69) is 31.2 Å². The van der Waals surface area contributed by atoms with Gasteiger partial charge in [-0.1, -0.05) is 40.9 Å². The molecule has 0 aliphatic heterocycles. The molecule has 1 aromatic carbocycles. The fourth-order valence-electron chi connectivity index (χ4n) is 1.51. The van der Waals surface area contributed by atoms with Gasteiger partial charge in [0.05, 0.1) is 4.47 Å². The molecule has 7 heteroatoms. The molecule has 0 unspecified atom stereocenters. The van der Waals surface area contributed by atoms with Gasteiger partial charge in [0.15, 0.2) is 0 Å². The van der Waals surface area contributed by atoms with Crippen LogP contribution in [-0.4, -0.2) is 16.5 Å². The lowest BCUT2D eigenvalue weighted by atomic mass is 10.1.